The van der Waals surface area contributed by atoms with Gasteiger partial charge < -0.3 is 9.15 Å². The standard InChI is InChI=1S/C20H13NO5/c22-20-14(12-25-19-4-2-1-3-17(19)20)11-16-9-10-18(26-16)13-5-7-15(8-6-13)21(23)24/h1-11H,12H2/b14-11+. The summed E-state index contributed by atoms with van der Waals surface area (Å²) in [6, 6.07) is 16.7. The molecule has 0 aliphatic carbocycles. The molecule has 6 nitrogen and oxygen atoms in total. The largest absolute Gasteiger partial charge is 0.488 e. The molecule has 1 aliphatic heterocycles. The SMILES string of the molecule is O=C1/C(=C/c2ccc(-c3ccc([N+](=O)[O-])cc3)o2)COc2ccccc21. The molecule has 0 atom stereocenters. The Bertz CT molecular complexity index is 1030. The number of Topliss-reactive ketones (excluding diaryl/α,β-unsaturated/α-hetero) is 1. The van der Waals surface area contributed by atoms with Gasteiger partial charge in [0.25, 0.3) is 5.69 Å². The molecule has 2 heterocycles. The zero-order valence-electron chi connectivity index (χ0n) is 13.5. The van der Waals surface area contributed by atoms with Crippen molar-refractivity contribution in [2.24, 2.45) is 0 Å². The van der Waals surface area contributed by atoms with Crippen molar-refractivity contribution in [3.63, 3.8) is 0 Å². The Balaban J connectivity index is 1.60. The summed E-state index contributed by atoms with van der Waals surface area (Å²) in [7, 11) is 0. The molecule has 26 heavy (non-hydrogen) atoms. The van der Waals surface area contributed by atoms with E-state index in [1.807, 2.05) is 6.07 Å². The van der Waals surface area contributed by atoms with Gasteiger partial charge in [-0.2, -0.15) is 0 Å². The van der Waals surface area contributed by atoms with Gasteiger partial charge in [-0.1, -0.05) is 12.1 Å². The summed E-state index contributed by atoms with van der Waals surface area (Å²) in [5.74, 6) is 1.59. The number of hydrogen-bond acceptors (Lipinski definition) is 5. The maximum Gasteiger partial charge on any atom is 0.269 e. The van der Waals surface area contributed by atoms with Crippen LogP contribution in [0.5, 0.6) is 5.75 Å². The third-order valence-electron chi connectivity index (χ3n) is 4.11. The third-order valence-corrected chi connectivity index (χ3v) is 4.11. The van der Waals surface area contributed by atoms with Crippen molar-refractivity contribution < 1.29 is 18.9 Å². The van der Waals surface area contributed by atoms with Crippen molar-refractivity contribution in [3.8, 4) is 17.1 Å². The number of carbonyl (C=O) groups excluding carboxylic acids is 1. The number of hydrogen-bond donors (Lipinski definition) is 0. The number of nitro groups is 1. The van der Waals surface area contributed by atoms with Gasteiger partial charge in [0.1, 0.15) is 23.9 Å². The lowest BCUT2D eigenvalue weighted by molar-refractivity contribution is -0.384. The van der Waals surface area contributed by atoms with E-state index in [2.05, 4.69) is 0 Å². The predicted molar refractivity (Wildman–Crippen MR) is 95.0 cm³/mol. The lowest BCUT2D eigenvalue weighted by atomic mass is 10.00. The smallest absolute Gasteiger partial charge is 0.269 e. The quantitative estimate of drug-likeness (QED) is 0.395. The van der Waals surface area contributed by atoms with E-state index in [1.165, 1.54) is 12.1 Å². The van der Waals surface area contributed by atoms with Crippen LogP contribution in [0.3, 0.4) is 0 Å². The van der Waals surface area contributed by atoms with Crippen LogP contribution in [0, 0.1) is 10.1 Å². The Labute approximate surface area is 148 Å². The summed E-state index contributed by atoms with van der Waals surface area (Å²) in [4.78, 5) is 22.8. The number of ketones is 1. The van der Waals surface area contributed by atoms with Crippen molar-refractivity contribution >= 4 is 17.5 Å². The van der Waals surface area contributed by atoms with Crippen LogP contribution < -0.4 is 4.74 Å². The zero-order valence-corrected chi connectivity index (χ0v) is 13.5. The molecule has 0 saturated heterocycles. The highest BCUT2D eigenvalue weighted by atomic mass is 16.6. The van der Waals surface area contributed by atoms with Gasteiger partial charge in [0, 0.05) is 23.3 Å². The highest BCUT2D eigenvalue weighted by Crippen LogP contribution is 2.29. The number of para-hydroxylation sites is 1. The summed E-state index contributed by atoms with van der Waals surface area (Å²) in [5.41, 5.74) is 1.78. The Morgan fingerprint density at radius 3 is 2.54 bits per heavy atom. The molecule has 0 N–H and O–H groups in total. The number of benzene rings is 2. The normalized spacial score (nSPS) is 14.8. The number of rotatable bonds is 3. The number of carbonyl (C=O) groups is 1. The Morgan fingerprint density at radius 1 is 1.00 bits per heavy atom. The number of fused-ring (bicyclic) bond motifs is 1. The van der Waals surface area contributed by atoms with E-state index < -0.39 is 4.92 Å². The molecule has 1 aromatic heterocycles. The van der Waals surface area contributed by atoms with Crippen LogP contribution in [0.4, 0.5) is 5.69 Å². The van der Waals surface area contributed by atoms with Crippen molar-refractivity contribution in [1.29, 1.82) is 0 Å². The van der Waals surface area contributed by atoms with Crippen LogP contribution in [0.1, 0.15) is 16.1 Å². The van der Waals surface area contributed by atoms with Crippen molar-refractivity contribution in [2.45, 2.75) is 0 Å². The zero-order chi connectivity index (χ0) is 18.1. The lowest BCUT2D eigenvalue weighted by Crippen LogP contribution is -2.18. The van der Waals surface area contributed by atoms with Crippen molar-refractivity contribution in [1.82, 2.24) is 0 Å². The summed E-state index contributed by atoms with van der Waals surface area (Å²) in [5, 5.41) is 10.7. The van der Waals surface area contributed by atoms with Crippen LogP contribution in [-0.2, 0) is 0 Å². The van der Waals surface area contributed by atoms with E-state index in [0.29, 0.717) is 28.4 Å². The van der Waals surface area contributed by atoms with Gasteiger partial charge in [0.05, 0.1) is 10.5 Å². The topological polar surface area (TPSA) is 82.6 Å². The first-order valence-corrected chi connectivity index (χ1v) is 7.93. The minimum Gasteiger partial charge on any atom is -0.488 e. The molecule has 0 spiro atoms. The van der Waals surface area contributed by atoms with Gasteiger partial charge in [-0.15, -0.1) is 0 Å². The predicted octanol–water partition coefficient (Wildman–Crippen LogP) is 4.51. The Morgan fingerprint density at radius 2 is 1.77 bits per heavy atom. The number of non-ortho nitro benzene ring substituents is 1. The van der Waals surface area contributed by atoms with Gasteiger partial charge in [0.15, 0.2) is 5.78 Å². The molecule has 4 rings (SSSR count). The molecule has 0 saturated carbocycles. The average Bonchev–Trinajstić information content (AvgIpc) is 3.13. The highest BCUT2D eigenvalue weighted by molar-refractivity contribution is 6.13. The summed E-state index contributed by atoms with van der Waals surface area (Å²) in [6.07, 6.45) is 1.66. The second-order valence-electron chi connectivity index (χ2n) is 5.79. The number of furan rings is 1. The van der Waals surface area contributed by atoms with E-state index >= 15 is 0 Å². The fourth-order valence-corrected chi connectivity index (χ4v) is 2.79. The minimum atomic E-state index is -0.450. The Kier molecular flexibility index (Phi) is 3.85. The van der Waals surface area contributed by atoms with Crippen LogP contribution >= 0.6 is 0 Å². The van der Waals surface area contributed by atoms with Gasteiger partial charge >= 0.3 is 0 Å². The van der Waals surface area contributed by atoms with Gasteiger partial charge in [-0.05, 0) is 42.5 Å². The first kappa shape index (κ1) is 15.8. The molecule has 2 aromatic carbocycles. The van der Waals surface area contributed by atoms with E-state index in [9.17, 15) is 14.9 Å². The second-order valence-corrected chi connectivity index (χ2v) is 5.79. The summed E-state index contributed by atoms with van der Waals surface area (Å²) in [6.45, 7) is 0.184. The lowest BCUT2D eigenvalue weighted by Gasteiger charge is -2.18. The molecule has 0 unspecified atom stereocenters. The number of nitro benzene ring substituents is 1. The number of nitrogens with zero attached hydrogens (tertiary/aromatic N) is 1. The molecule has 0 bridgehead atoms. The first-order valence-electron chi connectivity index (χ1n) is 7.93. The minimum absolute atomic E-state index is 0.0197. The number of ether oxygens (including phenoxy) is 1. The molecule has 0 fully saturated rings. The fraction of sp³-hybridized carbons (Fsp3) is 0.0500. The molecule has 128 valence electrons. The second kappa shape index (κ2) is 6.33. The highest BCUT2D eigenvalue weighted by Gasteiger charge is 2.23. The van der Waals surface area contributed by atoms with Gasteiger partial charge in [0.2, 0.25) is 0 Å². The van der Waals surface area contributed by atoms with E-state index in [4.69, 9.17) is 9.15 Å². The monoisotopic (exact) mass is 347 g/mol. The molecule has 6 heteroatoms. The van der Waals surface area contributed by atoms with Gasteiger partial charge in [-0.3, -0.25) is 14.9 Å². The average molecular weight is 347 g/mol. The maximum absolute atomic E-state index is 12.5. The molecule has 3 aromatic rings. The van der Waals surface area contributed by atoms with E-state index in [1.54, 1.807) is 48.5 Å². The van der Waals surface area contributed by atoms with Crippen molar-refractivity contribution in [3.05, 3.63) is 87.7 Å². The molecule has 1 aliphatic rings. The molecule has 0 radical (unpaired) electrons. The summed E-state index contributed by atoms with van der Waals surface area (Å²) < 4.78 is 11.4. The van der Waals surface area contributed by atoms with Crippen LogP contribution in [0.2, 0.25) is 0 Å². The molecular formula is C20H13NO5. The molecular weight excluding hydrogens is 334 g/mol. The van der Waals surface area contributed by atoms with Crippen LogP contribution in [0.25, 0.3) is 17.4 Å². The summed E-state index contributed by atoms with van der Waals surface area (Å²) >= 11 is 0. The maximum atomic E-state index is 12.5. The van der Waals surface area contributed by atoms with Gasteiger partial charge in [-0.25, -0.2) is 0 Å². The fourth-order valence-electron chi connectivity index (χ4n) is 2.79. The first-order chi connectivity index (χ1) is 12.6. The van der Waals surface area contributed by atoms with Crippen LogP contribution in [-0.4, -0.2) is 17.3 Å². The van der Waals surface area contributed by atoms with Crippen LogP contribution in [0.15, 0.2) is 70.7 Å². The van der Waals surface area contributed by atoms with E-state index in [0.717, 1.165) is 5.56 Å². The Hall–Kier alpha value is -3.67. The molecule has 0 amide bonds. The van der Waals surface area contributed by atoms with Crippen molar-refractivity contribution in [2.75, 3.05) is 6.61 Å². The van der Waals surface area contributed by atoms with E-state index in [-0.39, 0.29) is 18.1 Å². The third kappa shape index (κ3) is 2.88.